The van der Waals surface area contributed by atoms with Crippen molar-refractivity contribution >= 4 is 28.1 Å². The first-order valence-electron chi connectivity index (χ1n) is 9.95. The summed E-state index contributed by atoms with van der Waals surface area (Å²) in [7, 11) is 0. The van der Waals surface area contributed by atoms with Gasteiger partial charge in [-0.15, -0.1) is 0 Å². The molecule has 0 spiro atoms. The molecule has 0 saturated carbocycles. The summed E-state index contributed by atoms with van der Waals surface area (Å²) in [6.45, 7) is 3.24. The number of morpholine rings is 1. The minimum atomic E-state index is -0.121. The van der Waals surface area contributed by atoms with Gasteiger partial charge in [0.2, 0.25) is 0 Å². The molecule has 0 radical (unpaired) electrons. The Morgan fingerprint density at radius 1 is 0.967 bits per heavy atom. The van der Waals surface area contributed by atoms with Crippen molar-refractivity contribution in [2.24, 2.45) is 0 Å². The minimum Gasteiger partial charge on any atom is -0.459 e. The Morgan fingerprint density at radius 2 is 1.80 bits per heavy atom. The maximum Gasteiger partial charge on any atom is 0.141 e. The van der Waals surface area contributed by atoms with Gasteiger partial charge in [0.25, 0.3) is 0 Å². The van der Waals surface area contributed by atoms with E-state index in [1.807, 2.05) is 24.3 Å². The van der Waals surface area contributed by atoms with Crippen molar-refractivity contribution in [3.05, 3.63) is 66.7 Å². The number of anilines is 3. The Labute approximate surface area is 173 Å². The van der Waals surface area contributed by atoms with Crippen molar-refractivity contribution in [2.75, 3.05) is 36.5 Å². The topological polar surface area (TPSA) is 83.7 Å². The summed E-state index contributed by atoms with van der Waals surface area (Å²) >= 11 is 0. The largest absolute Gasteiger partial charge is 0.459 e. The molecule has 2 aromatic heterocycles. The highest BCUT2D eigenvalue weighted by atomic mass is 16.5. The molecule has 4 aromatic rings. The first-order chi connectivity index (χ1) is 14.8. The second-order valence-electron chi connectivity index (χ2n) is 7.15. The number of aliphatic hydroxyl groups is 1. The number of furan rings is 1. The molecule has 0 unspecified atom stereocenters. The number of aromatic nitrogens is 2. The van der Waals surface area contributed by atoms with Gasteiger partial charge in [0.05, 0.1) is 18.7 Å². The molecule has 0 bridgehead atoms. The van der Waals surface area contributed by atoms with Crippen LogP contribution in [0.4, 0.5) is 17.2 Å². The summed E-state index contributed by atoms with van der Waals surface area (Å²) in [5.74, 6) is 1.97. The van der Waals surface area contributed by atoms with Crippen molar-refractivity contribution in [3.8, 4) is 11.3 Å². The molecule has 1 aliphatic rings. The molecule has 1 saturated heterocycles. The average molecular weight is 402 g/mol. The van der Waals surface area contributed by atoms with Crippen LogP contribution >= 0.6 is 0 Å². The first-order valence-corrected chi connectivity index (χ1v) is 9.95. The van der Waals surface area contributed by atoms with Crippen molar-refractivity contribution in [2.45, 2.75) is 6.61 Å². The molecule has 0 aliphatic carbocycles. The molecule has 3 heterocycles. The number of hydrogen-bond acceptors (Lipinski definition) is 7. The second-order valence-corrected chi connectivity index (χ2v) is 7.15. The maximum atomic E-state index is 9.25. The number of aliphatic hydroxyl groups excluding tert-OH is 1. The van der Waals surface area contributed by atoms with E-state index in [1.54, 1.807) is 12.4 Å². The average Bonchev–Trinajstić information content (AvgIpc) is 3.30. The van der Waals surface area contributed by atoms with Gasteiger partial charge in [-0.05, 0) is 54.6 Å². The molecule has 2 aromatic carbocycles. The first kappa shape index (κ1) is 18.6. The Bertz CT molecular complexity index is 1150. The van der Waals surface area contributed by atoms with Gasteiger partial charge in [0, 0.05) is 35.4 Å². The molecule has 0 atom stereocenters. The van der Waals surface area contributed by atoms with Gasteiger partial charge in [-0.25, -0.2) is 9.97 Å². The standard InChI is InChI=1S/C23H22N4O3/c28-14-19-6-8-22(30-19)16-1-7-21-20(13-16)23(25-15-24-21)26-17-2-4-18(5-3-17)27-9-11-29-12-10-27/h1-8,13,15,28H,9-12,14H2,(H,24,25,26). The highest BCUT2D eigenvalue weighted by molar-refractivity contribution is 5.93. The fraction of sp³-hybridized carbons (Fsp3) is 0.217. The Hall–Kier alpha value is -3.42. The van der Waals surface area contributed by atoms with Gasteiger partial charge < -0.3 is 24.5 Å². The van der Waals surface area contributed by atoms with Crippen LogP contribution in [0.25, 0.3) is 22.2 Å². The zero-order valence-corrected chi connectivity index (χ0v) is 16.4. The summed E-state index contributed by atoms with van der Waals surface area (Å²) in [4.78, 5) is 11.1. The van der Waals surface area contributed by atoms with E-state index in [9.17, 15) is 5.11 Å². The lowest BCUT2D eigenvalue weighted by molar-refractivity contribution is 0.122. The summed E-state index contributed by atoms with van der Waals surface area (Å²) in [6.07, 6.45) is 1.56. The lowest BCUT2D eigenvalue weighted by Crippen LogP contribution is -2.36. The van der Waals surface area contributed by atoms with Crippen molar-refractivity contribution < 1.29 is 14.3 Å². The predicted octanol–water partition coefficient (Wildman–Crippen LogP) is 3.96. The maximum absolute atomic E-state index is 9.25. The zero-order chi connectivity index (χ0) is 20.3. The molecule has 2 N–H and O–H groups in total. The van der Waals surface area contributed by atoms with E-state index < -0.39 is 0 Å². The highest BCUT2D eigenvalue weighted by Crippen LogP contribution is 2.30. The zero-order valence-electron chi connectivity index (χ0n) is 16.4. The van der Waals surface area contributed by atoms with E-state index in [0.29, 0.717) is 11.5 Å². The van der Waals surface area contributed by atoms with Crippen molar-refractivity contribution in [1.29, 1.82) is 0 Å². The summed E-state index contributed by atoms with van der Waals surface area (Å²) < 4.78 is 11.1. The fourth-order valence-corrected chi connectivity index (χ4v) is 3.64. The lowest BCUT2D eigenvalue weighted by Gasteiger charge is -2.28. The van der Waals surface area contributed by atoms with Crippen LogP contribution in [-0.4, -0.2) is 41.4 Å². The minimum absolute atomic E-state index is 0.121. The highest BCUT2D eigenvalue weighted by Gasteiger charge is 2.12. The number of fused-ring (bicyclic) bond motifs is 1. The van der Waals surface area contributed by atoms with E-state index >= 15 is 0 Å². The van der Waals surface area contributed by atoms with Crippen molar-refractivity contribution in [3.63, 3.8) is 0 Å². The van der Waals surface area contributed by atoms with E-state index in [2.05, 4.69) is 44.5 Å². The molecule has 152 valence electrons. The number of hydrogen-bond donors (Lipinski definition) is 2. The molecular formula is C23H22N4O3. The smallest absolute Gasteiger partial charge is 0.141 e. The Morgan fingerprint density at radius 3 is 2.57 bits per heavy atom. The number of nitrogens with zero attached hydrogens (tertiary/aromatic N) is 3. The molecule has 5 rings (SSSR count). The van der Waals surface area contributed by atoms with Crippen LogP contribution in [0.1, 0.15) is 5.76 Å². The van der Waals surface area contributed by atoms with Gasteiger partial charge in [-0.3, -0.25) is 0 Å². The van der Waals surface area contributed by atoms with Gasteiger partial charge in [-0.1, -0.05) is 0 Å². The summed E-state index contributed by atoms with van der Waals surface area (Å²) in [5.41, 5.74) is 3.90. The van der Waals surface area contributed by atoms with Crippen LogP contribution < -0.4 is 10.2 Å². The number of ether oxygens (including phenoxy) is 1. The Kier molecular flexibility index (Phi) is 5.04. The van der Waals surface area contributed by atoms with Crippen LogP contribution in [0, 0.1) is 0 Å². The normalized spacial score (nSPS) is 14.2. The number of benzene rings is 2. The van der Waals surface area contributed by atoms with Crippen LogP contribution in [0.15, 0.2) is 65.3 Å². The molecule has 7 nitrogen and oxygen atoms in total. The predicted molar refractivity (Wildman–Crippen MR) is 116 cm³/mol. The molecule has 0 amide bonds. The second kappa shape index (κ2) is 8.14. The number of rotatable bonds is 5. The SMILES string of the molecule is OCc1ccc(-c2ccc3ncnc(Nc4ccc(N5CCOCC5)cc4)c3c2)o1. The molecular weight excluding hydrogens is 380 g/mol. The molecule has 7 heteroatoms. The Balaban J connectivity index is 1.42. The van der Waals surface area contributed by atoms with E-state index in [-0.39, 0.29) is 6.61 Å². The van der Waals surface area contributed by atoms with E-state index in [4.69, 9.17) is 9.15 Å². The van der Waals surface area contributed by atoms with Gasteiger partial charge in [0.15, 0.2) is 0 Å². The van der Waals surface area contributed by atoms with Crippen molar-refractivity contribution in [1.82, 2.24) is 9.97 Å². The lowest BCUT2D eigenvalue weighted by atomic mass is 10.1. The third-order valence-electron chi connectivity index (χ3n) is 5.24. The van der Waals surface area contributed by atoms with E-state index in [0.717, 1.165) is 54.3 Å². The number of nitrogens with one attached hydrogen (secondary N) is 1. The third kappa shape index (κ3) is 3.72. The fourth-order valence-electron chi connectivity index (χ4n) is 3.64. The third-order valence-corrected chi connectivity index (χ3v) is 5.24. The van der Waals surface area contributed by atoms with E-state index in [1.165, 1.54) is 5.69 Å². The molecule has 30 heavy (non-hydrogen) atoms. The monoisotopic (exact) mass is 402 g/mol. The summed E-state index contributed by atoms with van der Waals surface area (Å²) in [6, 6.07) is 17.9. The van der Waals surface area contributed by atoms with Crippen LogP contribution in [0.3, 0.4) is 0 Å². The van der Waals surface area contributed by atoms with Gasteiger partial charge in [-0.2, -0.15) is 0 Å². The molecule has 1 fully saturated rings. The molecule has 1 aliphatic heterocycles. The van der Waals surface area contributed by atoms with Crippen LogP contribution in [-0.2, 0) is 11.3 Å². The summed E-state index contributed by atoms with van der Waals surface area (Å²) in [5, 5.41) is 13.6. The van der Waals surface area contributed by atoms with Crippen LogP contribution in [0.5, 0.6) is 0 Å². The van der Waals surface area contributed by atoms with Crippen LogP contribution in [0.2, 0.25) is 0 Å². The van der Waals surface area contributed by atoms with Gasteiger partial charge >= 0.3 is 0 Å². The quantitative estimate of drug-likeness (QED) is 0.523. The van der Waals surface area contributed by atoms with Gasteiger partial charge in [0.1, 0.15) is 30.3 Å².